The Kier molecular flexibility index (Phi) is 7.47. The standard InChI is InChI=1S/C19H23NOS/c22-19(21-18-14-8-4-9-15-18)20-16-10-2-1-5-11-17-12-6-3-7-13-17/h3-4,6-9,12-15H,1-2,5,10-11,16H2,(H,20,22). The third-order valence-corrected chi connectivity index (χ3v) is 3.69. The van der Waals surface area contributed by atoms with Crippen LogP contribution in [0.3, 0.4) is 0 Å². The molecule has 0 spiro atoms. The van der Waals surface area contributed by atoms with E-state index in [4.69, 9.17) is 17.0 Å². The maximum Gasteiger partial charge on any atom is 0.262 e. The fourth-order valence-corrected chi connectivity index (χ4v) is 2.47. The molecule has 0 heterocycles. The molecule has 0 amide bonds. The highest BCUT2D eigenvalue weighted by Gasteiger charge is 1.98. The van der Waals surface area contributed by atoms with Crippen molar-refractivity contribution in [3.63, 3.8) is 0 Å². The third-order valence-electron chi connectivity index (χ3n) is 3.46. The van der Waals surface area contributed by atoms with Crippen LogP contribution in [-0.2, 0) is 6.42 Å². The van der Waals surface area contributed by atoms with Crippen LogP contribution in [0, 0.1) is 0 Å². The summed E-state index contributed by atoms with van der Waals surface area (Å²) in [5, 5.41) is 3.60. The summed E-state index contributed by atoms with van der Waals surface area (Å²) in [6.45, 7) is 0.872. The van der Waals surface area contributed by atoms with E-state index in [0.717, 1.165) is 18.7 Å². The first-order valence-electron chi connectivity index (χ1n) is 7.89. The molecule has 0 fully saturated rings. The van der Waals surface area contributed by atoms with Crippen molar-refractivity contribution in [2.45, 2.75) is 32.1 Å². The average molecular weight is 313 g/mol. The van der Waals surface area contributed by atoms with Crippen molar-refractivity contribution in [1.82, 2.24) is 5.32 Å². The lowest BCUT2D eigenvalue weighted by Gasteiger charge is -2.09. The second-order valence-electron chi connectivity index (χ2n) is 5.28. The van der Waals surface area contributed by atoms with E-state index >= 15 is 0 Å². The topological polar surface area (TPSA) is 21.3 Å². The van der Waals surface area contributed by atoms with Crippen molar-refractivity contribution in [2.75, 3.05) is 6.54 Å². The lowest BCUT2D eigenvalue weighted by atomic mass is 10.1. The van der Waals surface area contributed by atoms with Gasteiger partial charge in [-0.05, 0) is 49.2 Å². The predicted octanol–water partition coefficient (Wildman–Crippen LogP) is 4.74. The average Bonchev–Trinajstić information content (AvgIpc) is 2.56. The largest absolute Gasteiger partial charge is 0.432 e. The summed E-state index contributed by atoms with van der Waals surface area (Å²) < 4.78 is 5.52. The van der Waals surface area contributed by atoms with Gasteiger partial charge in [-0.1, -0.05) is 61.4 Å². The number of hydrogen-bond acceptors (Lipinski definition) is 2. The summed E-state index contributed by atoms with van der Waals surface area (Å²) in [6.07, 6.45) is 6.00. The molecule has 2 aromatic carbocycles. The summed E-state index contributed by atoms with van der Waals surface area (Å²) in [5.74, 6) is 0.780. The van der Waals surface area contributed by atoms with Crippen LogP contribution in [-0.4, -0.2) is 11.7 Å². The van der Waals surface area contributed by atoms with E-state index in [2.05, 4.69) is 35.6 Å². The van der Waals surface area contributed by atoms with Crippen molar-refractivity contribution < 1.29 is 4.74 Å². The number of ether oxygens (including phenoxy) is 1. The van der Waals surface area contributed by atoms with Gasteiger partial charge in [0.2, 0.25) is 0 Å². The van der Waals surface area contributed by atoms with Gasteiger partial charge in [0, 0.05) is 6.54 Å². The Morgan fingerprint density at radius 1 is 0.818 bits per heavy atom. The van der Waals surface area contributed by atoms with Gasteiger partial charge in [0.15, 0.2) is 0 Å². The minimum Gasteiger partial charge on any atom is -0.432 e. The summed E-state index contributed by atoms with van der Waals surface area (Å²) in [5.41, 5.74) is 1.43. The first-order valence-corrected chi connectivity index (χ1v) is 8.30. The minimum atomic E-state index is 0.454. The van der Waals surface area contributed by atoms with Crippen LogP contribution in [0.4, 0.5) is 0 Å². The third kappa shape index (κ3) is 6.72. The second kappa shape index (κ2) is 9.96. The van der Waals surface area contributed by atoms with Crippen molar-refractivity contribution in [2.24, 2.45) is 0 Å². The molecular weight excluding hydrogens is 290 g/mol. The van der Waals surface area contributed by atoms with Gasteiger partial charge in [0.1, 0.15) is 5.75 Å². The van der Waals surface area contributed by atoms with Crippen LogP contribution in [0.1, 0.15) is 31.2 Å². The molecule has 0 aliphatic carbocycles. The van der Waals surface area contributed by atoms with Crippen LogP contribution in [0.15, 0.2) is 60.7 Å². The Bertz CT molecular complexity index is 542. The summed E-state index contributed by atoms with van der Waals surface area (Å²) >= 11 is 5.17. The van der Waals surface area contributed by atoms with Crippen molar-refractivity contribution >= 4 is 17.4 Å². The molecule has 0 unspecified atom stereocenters. The van der Waals surface area contributed by atoms with Crippen LogP contribution in [0.2, 0.25) is 0 Å². The van der Waals surface area contributed by atoms with Gasteiger partial charge in [0.25, 0.3) is 5.17 Å². The zero-order valence-electron chi connectivity index (χ0n) is 12.8. The second-order valence-corrected chi connectivity index (χ2v) is 5.65. The van der Waals surface area contributed by atoms with Gasteiger partial charge in [-0.25, -0.2) is 0 Å². The molecule has 116 valence electrons. The van der Waals surface area contributed by atoms with Gasteiger partial charge in [-0.2, -0.15) is 0 Å². The monoisotopic (exact) mass is 313 g/mol. The van der Waals surface area contributed by atoms with Crippen LogP contribution in [0.5, 0.6) is 5.75 Å². The van der Waals surface area contributed by atoms with Crippen LogP contribution >= 0.6 is 12.2 Å². The number of unbranched alkanes of at least 4 members (excludes halogenated alkanes) is 3. The molecule has 3 heteroatoms. The highest BCUT2D eigenvalue weighted by molar-refractivity contribution is 7.80. The fraction of sp³-hybridized carbons (Fsp3) is 0.316. The molecule has 0 radical (unpaired) electrons. The predicted molar refractivity (Wildman–Crippen MR) is 96.3 cm³/mol. The number of para-hydroxylation sites is 1. The Morgan fingerprint density at radius 3 is 2.18 bits per heavy atom. The highest BCUT2D eigenvalue weighted by Crippen LogP contribution is 2.09. The molecular formula is C19H23NOS. The zero-order valence-corrected chi connectivity index (χ0v) is 13.6. The zero-order chi connectivity index (χ0) is 15.5. The maximum atomic E-state index is 5.52. The lowest BCUT2D eigenvalue weighted by Crippen LogP contribution is -2.27. The van der Waals surface area contributed by atoms with E-state index in [1.54, 1.807) is 0 Å². The van der Waals surface area contributed by atoms with Crippen LogP contribution in [0.25, 0.3) is 0 Å². The van der Waals surface area contributed by atoms with Gasteiger partial charge < -0.3 is 10.1 Å². The first-order chi connectivity index (χ1) is 10.8. The number of rotatable bonds is 8. The number of thiocarbonyl (C=S) groups is 1. The molecule has 0 atom stereocenters. The Balaban J connectivity index is 1.48. The lowest BCUT2D eigenvalue weighted by molar-refractivity contribution is 0.524. The summed E-state index contributed by atoms with van der Waals surface area (Å²) in [4.78, 5) is 0. The Labute approximate surface area is 138 Å². The van der Waals surface area contributed by atoms with Gasteiger partial charge in [0.05, 0.1) is 0 Å². The fourth-order valence-electron chi connectivity index (χ4n) is 2.27. The molecule has 2 rings (SSSR count). The Hall–Kier alpha value is -1.87. The summed E-state index contributed by atoms with van der Waals surface area (Å²) in [6, 6.07) is 20.3. The normalized spacial score (nSPS) is 10.2. The molecule has 2 nitrogen and oxygen atoms in total. The quantitative estimate of drug-likeness (QED) is 0.561. The molecule has 0 aliphatic rings. The van der Waals surface area contributed by atoms with Crippen molar-refractivity contribution in [3.05, 3.63) is 66.2 Å². The van der Waals surface area contributed by atoms with Crippen molar-refractivity contribution in [1.29, 1.82) is 0 Å². The van der Waals surface area contributed by atoms with Gasteiger partial charge >= 0.3 is 0 Å². The maximum absolute atomic E-state index is 5.52. The molecule has 1 N–H and O–H groups in total. The highest BCUT2D eigenvalue weighted by atomic mass is 32.1. The van der Waals surface area contributed by atoms with Crippen LogP contribution < -0.4 is 10.1 Å². The molecule has 0 bridgehead atoms. The van der Waals surface area contributed by atoms with E-state index < -0.39 is 0 Å². The molecule has 2 aromatic rings. The van der Waals surface area contributed by atoms with E-state index in [9.17, 15) is 0 Å². The molecule has 0 aromatic heterocycles. The Morgan fingerprint density at radius 2 is 1.45 bits per heavy atom. The smallest absolute Gasteiger partial charge is 0.262 e. The van der Waals surface area contributed by atoms with Gasteiger partial charge in [-0.3, -0.25) is 0 Å². The van der Waals surface area contributed by atoms with E-state index in [0.29, 0.717) is 5.17 Å². The molecule has 0 saturated heterocycles. The van der Waals surface area contributed by atoms with E-state index in [1.165, 1.54) is 31.2 Å². The minimum absolute atomic E-state index is 0.454. The number of hydrogen-bond donors (Lipinski definition) is 1. The molecule has 0 aliphatic heterocycles. The van der Waals surface area contributed by atoms with E-state index in [1.807, 2.05) is 30.3 Å². The van der Waals surface area contributed by atoms with E-state index in [-0.39, 0.29) is 0 Å². The molecule has 0 saturated carbocycles. The SMILES string of the molecule is S=C(NCCCCCCc1ccccc1)Oc1ccccc1. The van der Waals surface area contributed by atoms with Gasteiger partial charge in [-0.15, -0.1) is 0 Å². The first kappa shape index (κ1) is 16.5. The number of benzene rings is 2. The molecule has 22 heavy (non-hydrogen) atoms. The van der Waals surface area contributed by atoms with Crippen molar-refractivity contribution in [3.8, 4) is 5.75 Å². The number of nitrogens with one attached hydrogen (secondary N) is 1. The number of aryl methyl sites for hydroxylation is 1. The summed E-state index contributed by atoms with van der Waals surface area (Å²) in [7, 11) is 0.